The van der Waals surface area contributed by atoms with E-state index in [0.29, 0.717) is 0 Å². The number of nitrogens with zero attached hydrogens (tertiary/aromatic N) is 2. The molecule has 1 N–H and O–H groups in total. The maximum absolute atomic E-state index is 13.4. The monoisotopic (exact) mass is 467 g/mol. The maximum atomic E-state index is 13.4. The molecule has 0 saturated carbocycles. The maximum Gasteiger partial charge on any atom is 0.241 e. The van der Waals surface area contributed by atoms with Crippen molar-refractivity contribution in [3.8, 4) is 0 Å². The number of sulfonamides is 1. The minimum atomic E-state index is -3.78. The van der Waals surface area contributed by atoms with E-state index < -0.39 is 28.3 Å². The van der Waals surface area contributed by atoms with Gasteiger partial charge in [-0.2, -0.15) is 0 Å². The van der Waals surface area contributed by atoms with Crippen molar-refractivity contribution < 1.29 is 17.6 Å². The van der Waals surface area contributed by atoms with Gasteiger partial charge in [-0.1, -0.05) is 23.7 Å². The van der Waals surface area contributed by atoms with Crippen LogP contribution in [0, 0.1) is 5.82 Å². The van der Waals surface area contributed by atoms with Gasteiger partial charge in [-0.15, -0.1) is 0 Å². The summed E-state index contributed by atoms with van der Waals surface area (Å²) in [6.07, 6.45) is 4.65. The average molecular weight is 468 g/mol. The minimum absolute atomic E-state index is 0.127. The van der Waals surface area contributed by atoms with Gasteiger partial charge >= 0.3 is 0 Å². The summed E-state index contributed by atoms with van der Waals surface area (Å²) in [7, 11) is -3.78. The molecule has 1 aliphatic heterocycles. The molecule has 1 aliphatic rings. The number of piperidine rings is 1. The first-order chi connectivity index (χ1) is 14.6. The summed E-state index contributed by atoms with van der Waals surface area (Å²) in [4.78, 5) is 14.9. The van der Waals surface area contributed by atoms with Crippen molar-refractivity contribution >= 4 is 38.9 Å². The quantitative estimate of drug-likeness (QED) is 0.665. The number of amides is 1. The van der Waals surface area contributed by atoms with Gasteiger partial charge in [0.05, 0.1) is 23.0 Å². The number of anilines is 2. The summed E-state index contributed by atoms with van der Waals surface area (Å²) < 4.78 is 38.8. The van der Waals surface area contributed by atoms with E-state index in [-0.39, 0.29) is 16.8 Å². The van der Waals surface area contributed by atoms with Gasteiger partial charge < -0.3 is 10.2 Å². The molecule has 9 heteroatoms. The van der Waals surface area contributed by atoms with E-state index in [4.69, 9.17) is 11.6 Å². The highest BCUT2D eigenvalue weighted by molar-refractivity contribution is 7.92. The third kappa shape index (κ3) is 6.11. The highest BCUT2D eigenvalue weighted by Crippen LogP contribution is 2.25. The number of halogens is 2. The van der Waals surface area contributed by atoms with Crippen LogP contribution in [0.4, 0.5) is 15.8 Å². The second-order valence-corrected chi connectivity index (χ2v) is 10.1. The van der Waals surface area contributed by atoms with Gasteiger partial charge in [0.25, 0.3) is 0 Å². The summed E-state index contributed by atoms with van der Waals surface area (Å²) in [5, 5.41) is 2.61. The Bertz CT molecular complexity index is 1020. The molecule has 1 fully saturated rings. The zero-order chi connectivity index (χ0) is 22.6. The second kappa shape index (κ2) is 9.87. The SMILES string of the molecule is CC(NC(=O)CN(c1ccc(F)c(Cl)c1)S(C)(=O)=O)c1ccc(N2CCCCC2)cc1. The van der Waals surface area contributed by atoms with Gasteiger partial charge in [-0.25, -0.2) is 12.8 Å². The second-order valence-electron chi connectivity index (χ2n) is 7.80. The summed E-state index contributed by atoms with van der Waals surface area (Å²) in [5.41, 5.74) is 2.21. The largest absolute Gasteiger partial charge is 0.372 e. The average Bonchev–Trinajstić information content (AvgIpc) is 2.74. The molecule has 31 heavy (non-hydrogen) atoms. The molecular formula is C22H27ClFN3O3S. The molecule has 1 atom stereocenters. The van der Waals surface area contributed by atoms with Crippen molar-refractivity contribution in [3.05, 3.63) is 58.9 Å². The van der Waals surface area contributed by atoms with E-state index >= 15 is 0 Å². The van der Waals surface area contributed by atoms with Crippen LogP contribution < -0.4 is 14.5 Å². The summed E-state index contributed by atoms with van der Waals surface area (Å²) in [5.74, 6) is -1.14. The lowest BCUT2D eigenvalue weighted by atomic mass is 10.1. The van der Waals surface area contributed by atoms with Crippen LogP contribution in [-0.2, 0) is 14.8 Å². The molecule has 1 unspecified atom stereocenters. The fourth-order valence-electron chi connectivity index (χ4n) is 3.67. The van der Waals surface area contributed by atoms with Crippen molar-refractivity contribution in [1.82, 2.24) is 5.32 Å². The van der Waals surface area contributed by atoms with E-state index in [2.05, 4.69) is 10.2 Å². The molecule has 0 bridgehead atoms. The molecule has 1 heterocycles. The molecule has 0 radical (unpaired) electrons. The van der Waals surface area contributed by atoms with Crippen molar-refractivity contribution in [2.75, 3.05) is 35.1 Å². The highest BCUT2D eigenvalue weighted by atomic mass is 35.5. The Morgan fingerprint density at radius 3 is 2.39 bits per heavy atom. The molecule has 2 aromatic rings. The first kappa shape index (κ1) is 23.3. The Balaban J connectivity index is 1.66. The zero-order valence-corrected chi connectivity index (χ0v) is 19.2. The Morgan fingerprint density at radius 2 is 1.81 bits per heavy atom. The number of hydrogen-bond acceptors (Lipinski definition) is 4. The predicted octanol–water partition coefficient (Wildman–Crippen LogP) is 4.11. The first-order valence-corrected chi connectivity index (χ1v) is 12.4. The van der Waals surface area contributed by atoms with E-state index in [0.717, 1.165) is 35.3 Å². The number of carbonyl (C=O) groups is 1. The van der Waals surface area contributed by atoms with Crippen LogP contribution in [0.5, 0.6) is 0 Å². The zero-order valence-electron chi connectivity index (χ0n) is 17.6. The lowest BCUT2D eigenvalue weighted by Crippen LogP contribution is -2.41. The fraction of sp³-hybridized carbons (Fsp3) is 0.409. The van der Waals surface area contributed by atoms with Crippen LogP contribution in [-0.4, -0.2) is 40.2 Å². The van der Waals surface area contributed by atoms with Crippen LogP contribution in [0.2, 0.25) is 5.02 Å². The summed E-state index contributed by atoms with van der Waals surface area (Å²) in [6, 6.07) is 11.3. The van der Waals surface area contributed by atoms with E-state index in [1.807, 2.05) is 31.2 Å². The number of rotatable bonds is 7. The molecule has 6 nitrogen and oxygen atoms in total. The van der Waals surface area contributed by atoms with Crippen LogP contribution in [0.3, 0.4) is 0 Å². The van der Waals surface area contributed by atoms with Gasteiger partial charge in [0.15, 0.2) is 0 Å². The van der Waals surface area contributed by atoms with Crippen LogP contribution in [0.15, 0.2) is 42.5 Å². The molecule has 1 saturated heterocycles. The van der Waals surface area contributed by atoms with Crippen LogP contribution in [0.1, 0.15) is 37.8 Å². The lowest BCUT2D eigenvalue weighted by Gasteiger charge is -2.29. The normalized spacial score (nSPS) is 15.4. The van der Waals surface area contributed by atoms with Gasteiger partial charge in [0.2, 0.25) is 15.9 Å². The van der Waals surface area contributed by atoms with Crippen molar-refractivity contribution in [3.63, 3.8) is 0 Å². The molecule has 168 valence electrons. The van der Waals surface area contributed by atoms with E-state index in [1.54, 1.807) is 0 Å². The number of benzene rings is 2. The Kier molecular flexibility index (Phi) is 7.43. The molecular weight excluding hydrogens is 441 g/mol. The van der Waals surface area contributed by atoms with Crippen molar-refractivity contribution in [2.24, 2.45) is 0 Å². The van der Waals surface area contributed by atoms with Gasteiger partial charge in [0, 0.05) is 18.8 Å². The minimum Gasteiger partial charge on any atom is -0.372 e. The van der Waals surface area contributed by atoms with Gasteiger partial charge in [0.1, 0.15) is 12.4 Å². The first-order valence-electron chi connectivity index (χ1n) is 10.2. The van der Waals surface area contributed by atoms with Crippen molar-refractivity contribution in [1.29, 1.82) is 0 Å². The van der Waals surface area contributed by atoms with E-state index in [1.165, 1.54) is 37.1 Å². The number of hydrogen-bond donors (Lipinski definition) is 1. The molecule has 1 amide bonds. The molecule has 0 spiro atoms. The standard InChI is InChI=1S/C22H27ClFN3O3S/c1-16(17-6-8-18(9-7-17)26-12-4-3-5-13-26)25-22(28)15-27(31(2,29)30)19-10-11-21(24)20(23)14-19/h6-11,14,16H,3-5,12-13,15H2,1-2H3,(H,25,28). The number of carbonyl (C=O) groups excluding carboxylic acids is 1. The third-order valence-electron chi connectivity index (χ3n) is 5.37. The molecule has 0 aliphatic carbocycles. The third-order valence-corrected chi connectivity index (χ3v) is 6.80. The lowest BCUT2D eigenvalue weighted by molar-refractivity contribution is -0.120. The topological polar surface area (TPSA) is 69.7 Å². The molecule has 2 aromatic carbocycles. The number of nitrogens with one attached hydrogen (secondary N) is 1. The molecule has 0 aromatic heterocycles. The Hall–Kier alpha value is -2.32. The fourth-order valence-corrected chi connectivity index (χ4v) is 4.69. The van der Waals surface area contributed by atoms with Crippen molar-refractivity contribution in [2.45, 2.75) is 32.2 Å². The molecule has 3 rings (SSSR count). The Labute approximate surface area is 188 Å². The smallest absolute Gasteiger partial charge is 0.241 e. The van der Waals surface area contributed by atoms with Crippen LogP contribution >= 0.6 is 11.6 Å². The highest BCUT2D eigenvalue weighted by Gasteiger charge is 2.23. The van der Waals surface area contributed by atoms with Crippen LogP contribution in [0.25, 0.3) is 0 Å². The predicted molar refractivity (Wildman–Crippen MR) is 123 cm³/mol. The summed E-state index contributed by atoms with van der Waals surface area (Å²) in [6.45, 7) is 3.52. The van der Waals surface area contributed by atoms with E-state index in [9.17, 15) is 17.6 Å². The van der Waals surface area contributed by atoms with Gasteiger partial charge in [-0.05, 0) is 62.1 Å². The Morgan fingerprint density at radius 1 is 1.16 bits per heavy atom. The van der Waals surface area contributed by atoms with Gasteiger partial charge in [-0.3, -0.25) is 9.10 Å². The summed E-state index contributed by atoms with van der Waals surface area (Å²) >= 11 is 5.78.